The number of esters is 1. The van der Waals surface area contributed by atoms with E-state index in [1.165, 1.54) is 51.5 Å². The van der Waals surface area contributed by atoms with Crippen molar-refractivity contribution in [3.63, 3.8) is 0 Å². The van der Waals surface area contributed by atoms with Gasteiger partial charge in [0.2, 0.25) is 10.0 Å². The molecule has 0 aliphatic heterocycles. The standard InChI is InChI=1S/C18H18Cl2N2O6S/c1-22(2)29(25,26)11-7-8-15(27-3)14(9-11)21-16(23)10-28-18(24)17-12(19)5-4-6-13(17)20/h4-9H,10H2,1-3H3,(H,21,23). The van der Waals surface area contributed by atoms with Gasteiger partial charge in [-0.15, -0.1) is 0 Å². The second-order valence-corrected chi connectivity index (χ2v) is 8.84. The second-order valence-electron chi connectivity index (χ2n) is 5.87. The van der Waals surface area contributed by atoms with Gasteiger partial charge in [0.15, 0.2) is 6.61 Å². The van der Waals surface area contributed by atoms with Crippen molar-refractivity contribution in [2.75, 3.05) is 33.1 Å². The molecule has 2 rings (SSSR count). The van der Waals surface area contributed by atoms with Crippen LogP contribution in [-0.4, -0.2) is 52.4 Å². The molecule has 156 valence electrons. The van der Waals surface area contributed by atoms with Crippen LogP contribution in [0, 0.1) is 0 Å². The van der Waals surface area contributed by atoms with Gasteiger partial charge < -0.3 is 14.8 Å². The van der Waals surface area contributed by atoms with Crippen LogP contribution in [0.15, 0.2) is 41.3 Å². The molecule has 0 aromatic heterocycles. The summed E-state index contributed by atoms with van der Waals surface area (Å²) >= 11 is 11.9. The first-order valence-electron chi connectivity index (χ1n) is 8.09. The zero-order valence-corrected chi connectivity index (χ0v) is 18.1. The van der Waals surface area contributed by atoms with Crippen LogP contribution in [0.25, 0.3) is 0 Å². The molecule has 29 heavy (non-hydrogen) atoms. The van der Waals surface area contributed by atoms with Gasteiger partial charge in [-0.2, -0.15) is 0 Å². The molecule has 0 spiro atoms. The molecule has 0 unspecified atom stereocenters. The average molecular weight is 461 g/mol. The fourth-order valence-corrected chi connectivity index (χ4v) is 3.72. The molecule has 0 radical (unpaired) electrons. The Balaban J connectivity index is 2.15. The van der Waals surface area contributed by atoms with Crippen LogP contribution in [0.5, 0.6) is 5.75 Å². The number of nitrogens with one attached hydrogen (secondary N) is 1. The molecule has 1 amide bonds. The number of carbonyl (C=O) groups is 2. The fraction of sp³-hybridized carbons (Fsp3) is 0.222. The van der Waals surface area contributed by atoms with E-state index in [4.69, 9.17) is 32.7 Å². The molecule has 0 aliphatic rings. The maximum Gasteiger partial charge on any atom is 0.341 e. The van der Waals surface area contributed by atoms with Gasteiger partial charge in [-0.05, 0) is 30.3 Å². The van der Waals surface area contributed by atoms with Gasteiger partial charge in [-0.1, -0.05) is 29.3 Å². The van der Waals surface area contributed by atoms with E-state index in [0.717, 1.165) is 4.31 Å². The number of nitrogens with zero attached hydrogens (tertiary/aromatic N) is 1. The lowest BCUT2D eigenvalue weighted by atomic mass is 10.2. The average Bonchev–Trinajstić information content (AvgIpc) is 2.66. The van der Waals surface area contributed by atoms with Crippen LogP contribution in [0.4, 0.5) is 5.69 Å². The van der Waals surface area contributed by atoms with E-state index < -0.39 is 28.5 Å². The molecule has 0 fully saturated rings. The summed E-state index contributed by atoms with van der Waals surface area (Å²) in [5, 5.41) is 2.64. The van der Waals surface area contributed by atoms with Crippen molar-refractivity contribution in [3.05, 3.63) is 52.0 Å². The van der Waals surface area contributed by atoms with Crippen molar-refractivity contribution in [2.45, 2.75) is 4.90 Å². The normalized spacial score (nSPS) is 11.2. The SMILES string of the molecule is COc1ccc(S(=O)(=O)N(C)C)cc1NC(=O)COC(=O)c1c(Cl)cccc1Cl. The summed E-state index contributed by atoms with van der Waals surface area (Å²) in [6.07, 6.45) is 0. The third-order valence-electron chi connectivity index (χ3n) is 3.72. The molecular weight excluding hydrogens is 443 g/mol. The Kier molecular flexibility index (Phi) is 7.48. The largest absolute Gasteiger partial charge is 0.495 e. The smallest absolute Gasteiger partial charge is 0.341 e. The number of anilines is 1. The van der Waals surface area contributed by atoms with E-state index >= 15 is 0 Å². The second kappa shape index (κ2) is 9.45. The summed E-state index contributed by atoms with van der Waals surface area (Å²) in [4.78, 5) is 24.3. The Morgan fingerprint density at radius 2 is 1.72 bits per heavy atom. The van der Waals surface area contributed by atoms with E-state index in [9.17, 15) is 18.0 Å². The molecule has 2 aromatic rings. The minimum atomic E-state index is -3.72. The predicted octanol–water partition coefficient (Wildman–Crippen LogP) is 3.05. The Morgan fingerprint density at radius 3 is 2.28 bits per heavy atom. The van der Waals surface area contributed by atoms with E-state index in [0.29, 0.717) is 0 Å². The van der Waals surface area contributed by atoms with Crippen LogP contribution >= 0.6 is 23.2 Å². The van der Waals surface area contributed by atoms with Crippen LogP contribution in [0.1, 0.15) is 10.4 Å². The molecule has 8 nitrogen and oxygen atoms in total. The van der Waals surface area contributed by atoms with Crippen molar-refractivity contribution >= 4 is 50.8 Å². The highest BCUT2D eigenvalue weighted by Gasteiger charge is 2.21. The number of benzene rings is 2. The van der Waals surface area contributed by atoms with Gasteiger partial charge in [0.25, 0.3) is 5.91 Å². The first-order valence-corrected chi connectivity index (χ1v) is 10.3. The summed E-state index contributed by atoms with van der Waals surface area (Å²) in [5.74, 6) is -1.34. The van der Waals surface area contributed by atoms with Gasteiger partial charge in [-0.25, -0.2) is 17.5 Å². The van der Waals surface area contributed by atoms with E-state index in [1.807, 2.05) is 0 Å². The van der Waals surface area contributed by atoms with E-state index in [1.54, 1.807) is 6.07 Å². The van der Waals surface area contributed by atoms with Crippen LogP contribution in [0.3, 0.4) is 0 Å². The summed E-state index contributed by atoms with van der Waals surface area (Å²) in [6, 6.07) is 8.50. The zero-order chi connectivity index (χ0) is 21.8. The molecule has 2 aromatic carbocycles. The molecule has 0 saturated carbocycles. The van der Waals surface area contributed by atoms with Crippen LogP contribution in [-0.2, 0) is 19.6 Å². The number of rotatable bonds is 7. The summed E-state index contributed by atoms with van der Waals surface area (Å²) < 4.78 is 35.7. The number of amides is 1. The highest BCUT2D eigenvalue weighted by atomic mass is 35.5. The lowest BCUT2D eigenvalue weighted by molar-refractivity contribution is -0.119. The van der Waals surface area contributed by atoms with Crippen molar-refractivity contribution in [1.82, 2.24) is 4.31 Å². The number of carbonyl (C=O) groups excluding carboxylic acids is 2. The maximum absolute atomic E-state index is 12.3. The molecule has 0 saturated heterocycles. The maximum atomic E-state index is 12.3. The minimum Gasteiger partial charge on any atom is -0.495 e. The number of hydrogen-bond donors (Lipinski definition) is 1. The van der Waals surface area contributed by atoms with Gasteiger partial charge in [0.1, 0.15) is 5.75 Å². The van der Waals surface area contributed by atoms with Crippen molar-refractivity contribution < 1.29 is 27.5 Å². The minimum absolute atomic E-state index is 0.0431. The zero-order valence-electron chi connectivity index (χ0n) is 15.7. The van der Waals surface area contributed by atoms with Crippen molar-refractivity contribution in [2.24, 2.45) is 0 Å². The molecular formula is C18H18Cl2N2O6S. The Bertz CT molecular complexity index is 1020. The Hall–Kier alpha value is -2.33. The summed E-state index contributed by atoms with van der Waals surface area (Å²) in [6.45, 7) is -0.645. The lowest BCUT2D eigenvalue weighted by Crippen LogP contribution is -2.23. The topological polar surface area (TPSA) is 102 Å². The number of sulfonamides is 1. The number of halogens is 2. The number of methoxy groups -OCH3 is 1. The predicted molar refractivity (Wildman–Crippen MR) is 109 cm³/mol. The molecule has 0 heterocycles. The third-order valence-corrected chi connectivity index (χ3v) is 6.17. The monoisotopic (exact) mass is 460 g/mol. The molecule has 0 atom stereocenters. The molecule has 1 N–H and O–H groups in total. The fourth-order valence-electron chi connectivity index (χ4n) is 2.24. The van der Waals surface area contributed by atoms with Crippen molar-refractivity contribution in [3.8, 4) is 5.75 Å². The molecule has 0 aliphatic carbocycles. The first kappa shape index (κ1) is 23.0. The number of hydrogen-bond acceptors (Lipinski definition) is 6. The Labute approximate surface area is 178 Å². The Morgan fingerprint density at radius 1 is 1.10 bits per heavy atom. The van der Waals surface area contributed by atoms with E-state index in [2.05, 4.69) is 5.32 Å². The highest BCUT2D eigenvalue weighted by Crippen LogP contribution is 2.29. The van der Waals surface area contributed by atoms with Crippen LogP contribution < -0.4 is 10.1 Å². The number of ether oxygens (including phenoxy) is 2. The van der Waals surface area contributed by atoms with Crippen LogP contribution in [0.2, 0.25) is 10.0 Å². The van der Waals surface area contributed by atoms with Gasteiger partial charge >= 0.3 is 5.97 Å². The summed E-state index contributed by atoms with van der Waals surface area (Å²) in [5.41, 5.74) is 0.0486. The first-order chi connectivity index (χ1) is 13.6. The third kappa shape index (κ3) is 5.39. The quantitative estimate of drug-likeness (QED) is 0.636. The lowest BCUT2D eigenvalue weighted by Gasteiger charge is -2.15. The molecule has 11 heteroatoms. The van der Waals surface area contributed by atoms with Gasteiger partial charge in [0.05, 0.1) is 33.3 Å². The van der Waals surface area contributed by atoms with Gasteiger partial charge in [-0.3, -0.25) is 4.79 Å². The molecule has 0 bridgehead atoms. The van der Waals surface area contributed by atoms with Gasteiger partial charge in [0, 0.05) is 14.1 Å². The van der Waals surface area contributed by atoms with Crippen molar-refractivity contribution in [1.29, 1.82) is 0 Å². The summed E-state index contributed by atoms with van der Waals surface area (Å²) in [7, 11) is 0.418. The highest BCUT2D eigenvalue weighted by molar-refractivity contribution is 7.89. The van der Waals surface area contributed by atoms with E-state index in [-0.39, 0.29) is 31.9 Å².